The van der Waals surface area contributed by atoms with Crippen molar-refractivity contribution in [2.75, 3.05) is 0 Å². The van der Waals surface area contributed by atoms with Crippen LogP contribution >= 0.6 is 27.5 Å². The molecule has 0 saturated carbocycles. The molecule has 0 aliphatic carbocycles. The monoisotopic (exact) mass is 343 g/mol. The molecule has 0 amide bonds. The summed E-state index contributed by atoms with van der Waals surface area (Å²) in [6.07, 6.45) is 5.11. The third kappa shape index (κ3) is 2.97. The zero-order chi connectivity index (χ0) is 14.0. The first-order valence-corrected chi connectivity index (χ1v) is 7.01. The summed E-state index contributed by atoms with van der Waals surface area (Å²) in [6.45, 7) is 4.08. The highest BCUT2D eigenvalue weighted by molar-refractivity contribution is 9.10. The highest BCUT2D eigenvalue weighted by Gasteiger charge is 2.22. The van der Waals surface area contributed by atoms with Gasteiger partial charge in [0.05, 0.1) is 23.0 Å². The minimum atomic E-state index is -0.262. The maximum Gasteiger partial charge on any atom is 0.0908 e. The lowest BCUT2D eigenvalue weighted by atomic mass is 10.1. The zero-order valence-corrected chi connectivity index (χ0v) is 13.0. The molecule has 2 aromatic rings. The summed E-state index contributed by atoms with van der Waals surface area (Å²) in [5.74, 6) is 5.69. The van der Waals surface area contributed by atoms with Gasteiger partial charge in [-0.3, -0.25) is 15.5 Å². The Bertz CT molecular complexity index is 569. The number of rotatable bonds is 4. The van der Waals surface area contributed by atoms with Crippen molar-refractivity contribution in [1.29, 1.82) is 0 Å². The fourth-order valence-corrected chi connectivity index (χ4v) is 2.57. The van der Waals surface area contributed by atoms with E-state index >= 15 is 0 Å². The molecule has 5 nitrogen and oxygen atoms in total. The fraction of sp³-hybridized carbons (Fsp3) is 0.333. The van der Waals surface area contributed by atoms with Crippen LogP contribution in [0.25, 0.3) is 0 Å². The molecular formula is C12H15BrClN5. The van der Waals surface area contributed by atoms with Gasteiger partial charge in [0.25, 0.3) is 0 Å². The number of hydrogen-bond acceptors (Lipinski definition) is 4. The first-order chi connectivity index (χ1) is 9.04. The Balaban J connectivity index is 2.51. The lowest BCUT2D eigenvalue weighted by Gasteiger charge is -2.20. The highest BCUT2D eigenvalue weighted by atomic mass is 79.9. The van der Waals surface area contributed by atoms with Gasteiger partial charge in [-0.2, -0.15) is 5.10 Å². The average molecular weight is 345 g/mol. The van der Waals surface area contributed by atoms with Gasteiger partial charge >= 0.3 is 0 Å². The molecule has 0 aliphatic heterocycles. The summed E-state index contributed by atoms with van der Waals surface area (Å²) >= 11 is 9.64. The first kappa shape index (κ1) is 14.5. The van der Waals surface area contributed by atoms with Crippen molar-refractivity contribution in [2.24, 2.45) is 5.84 Å². The van der Waals surface area contributed by atoms with Crippen LogP contribution in [0, 0.1) is 0 Å². The van der Waals surface area contributed by atoms with Crippen LogP contribution in [0.1, 0.15) is 37.2 Å². The molecule has 0 bridgehead atoms. The number of nitrogens with zero attached hydrogens (tertiary/aromatic N) is 3. The third-order valence-electron chi connectivity index (χ3n) is 2.78. The van der Waals surface area contributed by atoms with Crippen molar-refractivity contribution < 1.29 is 0 Å². The smallest absolute Gasteiger partial charge is 0.0908 e. The largest absolute Gasteiger partial charge is 0.271 e. The zero-order valence-electron chi connectivity index (χ0n) is 10.6. The molecule has 3 N–H and O–H groups in total. The molecule has 0 aliphatic rings. The van der Waals surface area contributed by atoms with Crippen molar-refractivity contribution in [1.82, 2.24) is 20.2 Å². The van der Waals surface area contributed by atoms with Crippen LogP contribution in [0.2, 0.25) is 5.02 Å². The maximum atomic E-state index is 6.24. The fourth-order valence-electron chi connectivity index (χ4n) is 1.95. The van der Waals surface area contributed by atoms with Crippen molar-refractivity contribution >= 4 is 27.5 Å². The predicted octanol–water partition coefficient (Wildman–Crippen LogP) is 2.83. The van der Waals surface area contributed by atoms with E-state index in [1.54, 1.807) is 18.6 Å². The normalized spacial score (nSPS) is 12.9. The van der Waals surface area contributed by atoms with Crippen LogP contribution in [-0.4, -0.2) is 14.8 Å². The van der Waals surface area contributed by atoms with E-state index in [0.717, 1.165) is 15.7 Å². The number of nitrogens with one attached hydrogen (secondary N) is 1. The molecule has 2 aromatic heterocycles. The van der Waals surface area contributed by atoms with E-state index < -0.39 is 0 Å². The molecule has 0 fully saturated rings. The van der Waals surface area contributed by atoms with Gasteiger partial charge in [-0.25, -0.2) is 5.43 Å². The Labute approximate surface area is 125 Å². The Morgan fingerprint density at radius 3 is 2.68 bits per heavy atom. The number of halogens is 2. The second kappa shape index (κ2) is 6.00. The summed E-state index contributed by atoms with van der Waals surface area (Å²) in [4.78, 5) is 4.15. The van der Waals surface area contributed by atoms with Crippen molar-refractivity contribution in [3.8, 4) is 0 Å². The number of pyridine rings is 1. The maximum absolute atomic E-state index is 6.24. The Morgan fingerprint density at radius 1 is 1.37 bits per heavy atom. The van der Waals surface area contributed by atoms with Gasteiger partial charge < -0.3 is 0 Å². The minimum absolute atomic E-state index is 0.193. The summed E-state index contributed by atoms with van der Waals surface area (Å²) in [5, 5.41) is 4.87. The Hall–Kier alpha value is -0.950. The number of nitrogens with two attached hydrogens (primary N) is 1. The van der Waals surface area contributed by atoms with Crippen molar-refractivity contribution in [3.63, 3.8) is 0 Å². The van der Waals surface area contributed by atoms with Crippen LogP contribution in [0.3, 0.4) is 0 Å². The average Bonchev–Trinajstić information content (AvgIpc) is 2.73. The van der Waals surface area contributed by atoms with Gasteiger partial charge in [0.15, 0.2) is 0 Å². The van der Waals surface area contributed by atoms with Gasteiger partial charge in [0, 0.05) is 22.9 Å². The first-order valence-electron chi connectivity index (χ1n) is 5.84. The van der Waals surface area contributed by atoms with E-state index in [1.165, 1.54) is 0 Å². The van der Waals surface area contributed by atoms with E-state index in [4.69, 9.17) is 17.4 Å². The Kier molecular flexibility index (Phi) is 4.57. The van der Waals surface area contributed by atoms with Crippen LogP contribution < -0.4 is 11.3 Å². The minimum Gasteiger partial charge on any atom is -0.271 e. The third-order valence-corrected chi connectivity index (χ3v) is 3.50. The van der Waals surface area contributed by atoms with E-state index in [9.17, 15) is 0 Å². The molecule has 19 heavy (non-hydrogen) atoms. The SMILES string of the molecule is CC(C)n1ncc(Cl)c1C(NN)c1cncc(Br)c1. The summed E-state index contributed by atoms with van der Waals surface area (Å²) in [6, 6.07) is 1.88. The lowest BCUT2D eigenvalue weighted by molar-refractivity contribution is 0.476. The van der Waals surface area contributed by atoms with Crippen molar-refractivity contribution in [3.05, 3.63) is 45.4 Å². The van der Waals surface area contributed by atoms with Gasteiger partial charge in [-0.15, -0.1) is 0 Å². The highest BCUT2D eigenvalue weighted by Crippen LogP contribution is 2.30. The van der Waals surface area contributed by atoms with Gasteiger partial charge in [-0.05, 0) is 41.4 Å². The molecule has 2 rings (SSSR count). The Morgan fingerprint density at radius 2 is 2.11 bits per heavy atom. The number of hydrazine groups is 1. The molecule has 0 saturated heterocycles. The molecule has 1 unspecified atom stereocenters. The lowest BCUT2D eigenvalue weighted by Crippen LogP contribution is -2.31. The predicted molar refractivity (Wildman–Crippen MR) is 78.7 cm³/mol. The van der Waals surface area contributed by atoms with E-state index in [-0.39, 0.29) is 12.1 Å². The van der Waals surface area contributed by atoms with Crippen molar-refractivity contribution in [2.45, 2.75) is 25.9 Å². The summed E-state index contributed by atoms with van der Waals surface area (Å²) in [5.41, 5.74) is 4.53. The van der Waals surface area contributed by atoms with E-state index in [0.29, 0.717) is 5.02 Å². The van der Waals surface area contributed by atoms with Crippen LogP contribution in [0.15, 0.2) is 29.1 Å². The van der Waals surface area contributed by atoms with Crippen LogP contribution in [-0.2, 0) is 0 Å². The quantitative estimate of drug-likeness (QED) is 0.661. The molecule has 0 radical (unpaired) electrons. The van der Waals surface area contributed by atoms with Crippen LogP contribution in [0.5, 0.6) is 0 Å². The summed E-state index contributed by atoms with van der Waals surface area (Å²) in [7, 11) is 0. The molecule has 0 aromatic carbocycles. The molecule has 102 valence electrons. The van der Waals surface area contributed by atoms with Gasteiger partial charge in [-0.1, -0.05) is 11.6 Å². The topological polar surface area (TPSA) is 68.8 Å². The van der Waals surface area contributed by atoms with Crippen LogP contribution in [0.4, 0.5) is 0 Å². The molecule has 2 heterocycles. The second-order valence-electron chi connectivity index (χ2n) is 4.45. The summed E-state index contributed by atoms with van der Waals surface area (Å²) < 4.78 is 2.74. The van der Waals surface area contributed by atoms with Gasteiger partial charge in [0.2, 0.25) is 0 Å². The van der Waals surface area contributed by atoms with E-state index in [1.807, 2.05) is 24.6 Å². The van der Waals surface area contributed by atoms with Gasteiger partial charge in [0.1, 0.15) is 0 Å². The standard InChI is InChI=1S/C12H15BrClN5/c1-7(2)19-12(10(14)6-17-19)11(18-15)8-3-9(13)5-16-4-8/h3-7,11,18H,15H2,1-2H3. The molecular weight excluding hydrogens is 330 g/mol. The second-order valence-corrected chi connectivity index (χ2v) is 5.78. The number of hydrogen-bond donors (Lipinski definition) is 2. The van der Waals surface area contributed by atoms with E-state index in [2.05, 4.69) is 31.4 Å². The number of aromatic nitrogens is 3. The molecule has 7 heteroatoms. The molecule has 0 spiro atoms. The molecule has 1 atom stereocenters.